The molecule has 0 amide bonds. The van der Waals surface area contributed by atoms with Gasteiger partial charge in [0.1, 0.15) is 5.52 Å². The fourth-order valence-corrected chi connectivity index (χ4v) is 3.48. The monoisotopic (exact) mass is 294 g/mol. The molecule has 1 fully saturated rings. The van der Waals surface area contributed by atoms with Crippen molar-refractivity contribution in [2.75, 3.05) is 37.6 Å². The van der Waals surface area contributed by atoms with E-state index in [4.69, 9.17) is 4.98 Å². The van der Waals surface area contributed by atoms with Gasteiger partial charge in [0.15, 0.2) is 0 Å². The van der Waals surface area contributed by atoms with E-state index in [2.05, 4.69) is 57.7 Å². The first-order valence-corrected chi connectivity index (χ1v) is 8.19. The quantitative estimate of drug-likeness (QED) is 0.742. The lowest BCUT2D eigenvalue weighted by atomic mass is 10.2. The zero-order chi connectivity index (χ0) is 14.9. The number of para-hydroxylation sites is 1. The van der Waals surface area contributed by atoms with E-state index in [1.807, 2.05) is 6.20 Å². The number of anilines is 1. The summed E-state index contributed by atoms with van der Waals surface area (Å²) in [5.74, 6) is 0. The zero-order valence-electron chi connectivity index (χ0n) is 13.1. The van der Waals surface area contributed by atoms with E-state index in [0.717, 1.165) is 37.2 Å². The predicted molar refractivity (Wildman–Crippen MR) is 91.6 cm³/mol. The van der Waals surface area contributed by atoms with Gasteiger partial charge in [-0.05, 0) is 37.2 Å². The van der Waals surface area contributed by atoms with Crippen LogP contribution in [0.3, 0.4) is 0 Å². The number of rotatable bonds is 3. The van der Waals surface area contributed by atoms with Gasteiger partial charge in [0.25, 0.3) is 0 Å². The summed E-state index contributed by atoms with van der Waals surface area (Å²) in [4.78, 5) is 9.77. The number of nitrogens with zero attached hydrogens (tertiary/aromatic N) is 4. The molecule has 1 aliphatic rings. The Morgan fingerprint density at radius 2 is 1.91 bits per heavy atom. The van der Waals surface area contributed by atoms with Crippen LogP contribution in [0.25, 0.3) is 16.6 Å². The molecule has 114 valence electrons. The highest BCUT2D eigenvalue weighted by molar-refractivity contribution is 5.90. The van der Waals surface area contributed by atoms with Gasteiger partial charge in [0.2, 0.25) is 0 Å². The molecule has 4 nitrogen and oxygen atoms in total. The minimum atomic E-state index is 1.09. The third-order valence-electron chi connectivity index (χ3n) is 4.61. The van der Waals surface area contributed by atoms with Crippen LogP contribution in [0.1, 0.15) is 13.3 Å². The van der Waals surface area contributed by atoms with Crippen LogP contribution in [0.4, 0.5) is 5.69 Å². The molecule has 0 atom stereocenters. The molecule has 3 heterocycles. The van der Waals surface area contributed by atoms with Crippen LogP contribution in [0.2, 0.25) is 0 Å². The lowest BCUT2D eigenvalue weighted by Gasteiger charge is -2.36. The molecule has 3 aromatic rings. The number of hydrogen-bond donors (Lipinski definition) is 0. The van der Waals surface area contributed by atoms with Crippen molar-refractivity contribution in [1.29, 1.82) is 0 Å². The smallest absolute Gasteiger partial charge is 0.110 e. The molecule has 4 heteroatoms. The third kappa shape index (κ3) is 2.24. The molecule has 0 aliphatic carbocycles. The zero-order valence-corrected chi connectivity index (χ0v) is 13.1. The minimum absolute atomic E-state index is 1.09. The van der Waals surface area contributed by atoms with Crippen LogP contribution >= 0.6 is 0 Å². The van der Waals surface area contributed by atoms with Gasteiger partial charge in [-0.2, -0.15) is 0 Å². The van der Waals surface area contributed by atoms with Crippen molar-refractivity contribution >= 4 is 22.2 Å². The lowest BCUT2D eigenvalue weighted by Crippen LogP contribution is -2.46. The maximum absolute atomic E-state index is 4.74. The molecule has 1 saturated heterocycles. The Bertz CT molecular complexity index is 784. The van der Waals surface area contributed by atoms with Gasteiger partial charge in [-0.25, -0.2) is 0 Å². The number of aromatic nitrogens is 2. The van der Waals surface area contributed by atoms with Gasteiger partial charge in [-0.3, -0.25) is 9.88 Å². The standard InChI is InChI=1S/C18H22N4/c1-2-8-20-10-12-21(13-11-20)16-6-3-7-17-18(16)19-14-15-5-4-9-22(15)17/h3-7,9,14H,2,8,10-13H2,1H3. The first kappa shape index (κ1) is 13.6. The van der Waals surface area contributed by atoms with Crippen LogP contribution in [-0.2, 0) is 0 Å². The first-order chi connectivity index (χ1) is 10.9. The summed E-state index contributed by atoms with van der Waals surface area (Å²) >= 11 is 0. The Kier molecular flexibility index (Phi) is 3.47. The second-order valence-electron chi connectivity index (χ2n) is 6.03. The first-order valence-electron chi connectivity index (χ1n) is 8.19. The summed E-state index contributed by atoms with van der Waals surface area (Å²) in [5, 5.41) is 0. The average molecular weight is 294 g/mol. The van der Waals surface area contributed by atoms with Crippen molar-refractivity contribution in [2.24, 2.45) is 0 Å². The van der Waals surface area contributed by atoms with Crippen molar-refractivity contribution in [3.8, 4) is 0 Å². The molecule has 0 N–H and O–H groups in total. The Labute approximate surface area is 131 Å². The van der Waals surface area contributed by atoms with Gasteiger partial charge in [0.05, 0.1) is 22.9 Å². The van der Waals surface area contributed by atoms with Crippen molar-refractivity contribution in [3.05, 3.63) is 42.7 Å². The molecule has 0 unspecified atom stereocenters. The van der Waals surface area contributed by atoms with Crippen LogP contribution in [0, 0.1) is 0 Å². The molecule has 22 heavy (non-hydrogen) atoms. The Balaban J connectivity index is 1.70. The van der Waals surface area contributed by atoms with Crippen LogP contribution < -0.4 is 4.90 Å². The normalized spacial score (nSPS) is 16.7. The Morgan fingerprint density at radius 1 is 1.05 bits per heavy atom. The second-order valence-corrected chi connectivity index (χ2v) is 6.03. The van der Waals surface area contributed by atoms with E-state index in [-0.39, 0.29) is 0 Å². The van der Waals surface area contributed by atoms with Crippen LogP contribution in [0.15, 0.2) is 42.7 Å². The molecular formula is C18H22N4. The van der Waals surface area contributed by atoms with Gasteiger partial charge in [0, 0.05) is 32.4 Å². The van der Waals surface area contributed by atoms with Crippen molar-refractivity contribution in [3.63, 3.8) is 0 Å². The van der Waals surface area contributed by atoms with E-state index < -0.39 is 0 Å². The molecule has 1 aromatic carbocycles. The Hall–Kier alpha value is -2.07. The Morgan fingerprint density at radius 3 is 2.73 bits per heavy atom. The lowest BCUT2D eigenvalue weighted by molar-refractivity contribution is 0.258. The van der Waals surface area contributed by atoms with E-state index in [1.165, 1.54) is 24.2 Å². The van der Waals surface area contributed by atoms with Crippen molar-refractivity contribution < 1.29 is 0 Å². The highest BCUT2D eigenvalue weighted by Gasteiger charge is 2.18. The van der Waals surface area contributed by atoms with Crippen LogP contribution in [-0.4, -0.2) is 47.0 Å². The van der Waals surface area contributed by atoms with E-state index in [1.54, 1.807) is 0 Å². The summed E-state index contributed by atoms with van der Waals surface area (Å²) in [6.45, 7) is 7.94. The molecular weight excluding hydrogens is 272 g/mol. The van der Waals surface area contributed by atoms with Crippen molar-refractivity contribution in [2.45, 2.75) is 13.3 Å². The van der Waals surface area contributed by atoms with Gasteiger partial charge < -0.3 is 9.30 Å². The predicted octanol–water partition coefficient (Wildman–Crippen LogP) is 3.02. The second kappa shape index (κ2) is 5.61. The highest BCUT2D eigenvalue weighted by atomic mass is 15.3. The SMILES string of the molecule is CCCN1CCN(c2cccc3c2ncc2cccn23)CC1. The summed E-state index contributed by atoms with van der Waals surface area (Å²) in [6.07, 6.45) is 5.32. The maximum Gasteiger partial charge on any atom is 0.110 e. The molecule has 2 aromatic heterocycles. The van der Waals surface area contributed by atoms with Gasteiger partial charge in [-0.15, -0.1) is 0 Å². The largest absolute Gasteiger partial charge is 0.367 e. The summed E-state index contributed by atoms with van der Waals surface area (Å²) in [7, 11) is 0. The number of benzene rings is 1. The van der Waals surface area contributed by atoms with Crippen LogP contribution in [0.5, 0.6) is 0 Å². The average Bonchev–Trinajstić information content (AvgIpc) is 3.04. The summed E-state index contributed by atoms with van der Waals surface area (Å²) < 4.78 is 2.22. The molecule has 4 rings (SSSR count). The van der Waals surface area contributed by atoms with E-state index in [9.17, 15) is 0 Å². The third-order valence-corrected chi connectivity index (χ3v) is 4.61. The minimum Gasteiger partial charge on any atom is -0.367 e. The van der Waals surface area contributed by atoms with Crippen molar-refractivity contribution in [1.82, 2.24) is 14.3 Å². The van der Waals surface area contributed by atoms with Gasteiger partial charge in [-0.1, -0.05) is 13.0 Å². The maximum atomic E-state index is 4.74. The molecule has 0 saturated carbocycles. The molecule has 0 radical (unpaired) electrons. The topological polar surface area (TPSA) is 23.8 Å². The number of hydrogen-bond acceptors (Lipinski definition) is 3. The summed E-state index contributed by atoms with van der Waals surface area (Å²) in [6, 6.07) is 10.7. The summed E-state index contributed by atoms with van der Waals surface area (Å²) in [5.41, 5.74) is 4.72. The fraction of sp³-hybridized carbons (Fsp3) is 0.389. The molecule has 0 spiro atoms. The molecule has 0 bridgehead atoms. The highest BCUT2D eigenvalue weighted by Crippen LogP contribution is 2.26. The number of piperazine rings is 1. The number of fused-ring (bicyclic) bond motifs is 3. The molecule has 1 aliphatic heterocycles. The fourth-order valence-electron chi connectivity index (χ4n) is 3.48. The van der Waals surface area contributed by atoms with E-state index >= 15 is 0 Å². The van der Waals surface area contributed by atoms with Gasteiger partial charge >= 0.3 is 0 Å². The van der Waals surface area contributed by atoms with E-state index in [0.29, 0.717) is 0 Å².